The van der Waals surface area contributed by atoms with E-state index < -0.39 is 29.2 Å². The Labute approximate surface area is 203 Å². The number of alkyl halides is 3. The molecule has 9 nitrogen and oxygen atoms in total. The Morgan fingerprint density at radius 2 is 1.94 bits per heavy atom. The van der Waals surface area contributed by atoms with Crippen molar-refractivity contribution in [3.05, 3.63) is 62.3 Å². The van der Waals surface area contributed by atoms with E-state index >= 15 is 0 Å². The molecule has 1 N–H and O–H groups in total. The monoisotopic (exact) mass is 503 g/mol. The maximum absolute atomic E-state index is 12.5. The highest BCUT2D eigenvalue weighted by Crippen LogP contribution is 2.40. The van der Waals surface area contributed by atoms with Crippen LogP contribution in [0.3, 0.4) is 0 Å². The van der Waals surface area contributed by atoms with Crippen LogP contribution < -0.4 is 10.5 Å². The molecule has 1 aromatic carbocycles. The van der Waals surface area contributed by atoms with Gasteiger partial charge in [0.05, 0.1) is 5.69 Å². The summed E-state index contributed by atoms with van der Waals surface area (Å²) in [4.78, 5) is 43.3. The number of aryl methyl sites for hydroxylation is 1. The lowest BCUT2D eigenvalue weighted by Crippen LogP contribution is -2.30. The fraction of sp³-hybridized carbons (Fsp3) is 0.458. The molecular formula is C24H24F3N5O4. The number of aromatic amines is 1. The van der Waals surface area contributed by atoms with Gasteiger partial charge in [0.25, 0.3) is 5.56 Å². The van der Waals surface area contributed by atoms with Crippen LogP contribution in [0.1, 0.15) is 42.1 Å². The number of carbonyl (C=O) groups excluding carboxylic acids is 2. The molecule has 4 rings (SSSR count). The highest BCUT2D eigenvalue weighted by atomic mass is 19.4. The van der Waals surface area contributed by atoms with Gasteiger partial charge in [0, 0.05) is 29.7 Å². The zero-order chi connectivity index (χ0) is 26.0. The van der Waals surface area contributed by atoms with Gasteiger partial charge >= 0.3 is 18.1 Å². The Bertz CT molecular complexity index is 1270. The van der Waals surface area contributed by atoms with Crippen molar-refractivity contribution in [3.63, 3.8) is 0 Å². The summed E-state index contributed by atoms with van der Waals surface area (Å²) in [6.45, 7) is 3.41. The van der Waals surface area contributed by atoms with E-state index in [1.165, 1.54) is 0 Å². The molecule has 36 heavy (non-hydrogen) atoms. The molecule has 2 aliphatic rings. The summed E-state index contributed by atoms with van der Waals surface area (Å²) in [7, 11) is 0. The van der Waals surface area contributed by atoms with Crippen molar-refractivity contribution in [1.82, 2.24) is 4.98 Å². The molecule has 0 radical (unpaired) electrons. The zero-order valence-corrected chi connectivity index (χ0v) is 19.4. The largest absolute Gasteiger partial charge is 0.491 e. The van der Waals surface area contributed by atoms with Gasteiger partial charge < -0.3 is 14.6 Å². The first-order chi connectivity index (χ1) is 17.1. The van der Waals surface area contributed by atoms with Crippen LogP contribution in [0, 0.1) is 11.8 Å². The summed E-state index contributed by atoms with van der Waals surface area (Å²) in [5.41, 5.74) is 9.79. The van der Waals surface area contributed by atoms with Crippen LogP contribution in [0.4, 0.5) is 18.9 Å². The standard InChI is InChI=1S/C24H24F3N5O4/c1-2-13-10-17(22(34)36-23(35)24(25,26)27)21(33)29-20(13)14-6-8-16(9-7-14)32-11-15-4-3-5-19(30-31-28)18(15)12-32/h6-10,15,18-19H,2-5,11-12H2,1H3,(H,29,33)/t15-,18+,19+/m1/s1. The molecule has 2 fully saturated rings. The predicted molar refractivity (Wildman–Crippen MR) is 124 cm³/mol. The smallest absolute Gasteiger partial charge is 0.382 e. The van der Waals surface area contributed by atoms with E-state index in [2.05, 4.69) is 24.6 Å². The van der Waals surface area contributed by atoms with Crippen molar-refractivity contribution < 1.29 is 27.5 Å². The van der Waals surface area contributed by atoms with Gasteiger partial charge in [-0.3, -0.25) is 4.79 Å². The number of aromatic nitrogens is 1. The average molecular weight is 503 g/mol. The Morgan fingerprint density at radius 1 is 1.22 bits per heavy atom. The normalized spacial score (nSPS) is 21.4. The molecule has 190 valence electrons. The number of rotatable bonds is 5. The van der Waals surface area contributed by atoms with Crippen molar-refractivity contribution in [2.75, 3.05) is 18.0 Å². The highest BCUT2D eigenvalue weighted by molar-refractivity contribution is 5.98. The number of benzene rings is 1. The quantitative estimate of drug-likeness (QED) is 0.207. The molecular weight excluding hydrogens is 479 g/mol. The number of nitrogens with one attached hydrogen (secondary N) is 1. The molecule has 0 amide bonds. The van der Waals surface area contributed by atoms with Crippen molar-refractivity contribution in [1.29, 1.82) is 0 Å². The van der Waals surface area contributed by atoms with Gasteiger partial charge in [0.1, 0.15) is 5.56 Å². The van der Waals surface area contributed by atoms with E-state index in [1.54, 1.807) is 6.92 Å². The molecule has 1 aromatic heterocycles. The van der Waals surface area contributed by atoms with Crippen molar-refractivity contribution in [2.45, 2.75) is 44.8 Å². The van der Waals surface area contributed by atoms with E-state index in [0.29, 0.717) is 35.1 Å². The minimum Gasteiger partial charge on any atom is -0.382 e. The third-order valence-corrected chi connectivity index (χ3v) is 6.92. The fourth-order valence-electron chi connectivity index (χ4n) is 5.16. The molecule has 1 aliphatic carbocycles. The summed E-state index contributed by atoms with van der Waals surface area (Å²) >= 11 is 0. The molecule has 1 aliphatic heterocycles. The summed E-state index contributed by atoms with van der Waals surface area (Å²) in [6, 6.07) is 8.62. The maximum Gasteiger partial charge on any atom is 0.491 e. The van der Waals surface area contributed by atoms with Crippen molar-refractivity contribution in [3.8, 4) is 11.3 Å². The topological polar surface area (TPSA) is 128 Å². The first-order valence-corrected chi connectivity index (χ1v) is 11.6. The number of carbonyl (C=O) groups is 2. The zero-order valence-electron chi connectivity index (χ0n) is 19.4. The second-order valence-electron chi connectivity index (χ2n) is 9.02. The van der Waals surface area contributed by atoms with Gasteiger partial charge in [-0.1, -0.05) is 30.6 Å². The number of hydrogen-bond donors (Lipinski definition) is 1. The number of H-pyrrole nitrogens is 1. The Balaban J connectivity index is 1.55. The summed E-state index contributed by atoms with van der Waals surface area (Å²) in [5.74, 6) is -3.57. The molecule has 1 saturated heterocycles. The molecule has 0 bridgehead atoms. The van der Waals surface area contributed by atoms with Crippen LogP contribution in [0.5, 0.6) is 0 Å². The number of fused-ring (bicyclic) bond motifs is 1. The Kier molecular flexibility index (Phi) is 7.07. The Morgan fingerprint density at radius 3 is 2.58 bits per heavy atom. The van der Waals surface area contributed by atoms with Gasteiger partial charge in [-0.25, -0.2) is 9.59 Å². The van der Waals surface area contributed by atoms with Crippen molar-refractivity contribution >= 4 is 17.6 Å². The van der Waals surface area contributed by atoms with Crippen LogP contribution in [-0.2, 0) is 16.0 Å². The van der Waals surface area contributed by atoms with E-state index in [4.69, 9.17) is 5.53 Å². The molecule has 3 atom stereocenters. The summed E-state index contributed by atoms with van der Waals surface area (Å²) in [6.07, 6.45) is -1.95. The minimum atomic E-state index is -5.35. The van der Waals surface area contributed by atoms with Gasteiger partial charge in [-0.05, 0) is 66.0 Å². The van der Waals surface area contributed by atoms with Gasteiger partial charge in [0.15, 0.2) is 0 Å². The number of esters is 2. The van der Waals surface area contributed by atoms with Gasteiger partial charge in [0.2, 0.25) is 0 Å². The number of azide groups is 1. The van der Waals surface area contributed by atoms with Crippen LogP contribution in [0.15, 0.2) is 40.2 Å². The summed E-state index contributed by atoms with van der Waals surface area (Å²) in [5, 5.41) is 4.00. The van der Waals surface area contributed by atoms with E-state index in [0.717, 1.165) is 44.1 Å². The number of hydrogen-bond acceptors (Lipinski definition) is 6. The molecule has 2 aromatic rings. The first-order valence-electron chi connectivity index (χ1n) is 11.6. The number of pyridine rings is 1. The first kappa shape index (κ1) is 25.3. The minimum absolute atomic E-state index is 0.00633. The van der Waals surface area contributed by atoms with E-state index in [-0.39, 0.29) is 6.04 Å². The fourth-order valence-corrected chi connectivity index (χ4v) is 5.16. The highest BCUT2D eigenvalue weighted by Gasteiger charge is 2.43. The van der Waals surface area contributed by atoms with Gasteiger partial charge in [-0.15, -0.1) is 0 Å². The SMILES string of the molecule is CCc1cc(C(=O)OC(=O)C(F)(F)F)c(=O)[nH]c1-c1ccc(N2C[C@H]3CCC[C@H](N=[N+]=[N-])[C@H]3C2)cc1. The third-order valence-electron chi connectivity index (χ3n) is 6.92. The van der Waals surface area contributed by atoms with Crippen molar-refractivity contribution in [2.24, 2.45) is 17.0 Å². The van der Waals surface area contributed by atoms with Crippen LogP contribution in [-0.4, -0.2) is 42.2 Å². The van der Waals surface area contributed by atoms with Gasteiger partial charge in [-0.2, -0.15) is 13.2 Å². The lowest BCUT2D eigenvalue weighted by molar-refractivity contribution is -0.193. The third kappa shape index (κ3) is 5.08. The lowest BCUT2D eigenvalue weighted by atomic mass is 9.78. The summed E-state index contributed by atoms with van der Waals surface area (Å²) < 4.78 is 41.0. The number of anilines is 1. The average Bonchev–Trinajstić information content (AvgIpc) is 3.29. The molecule has 2 heterocycles. The predicted octanol–water partition coefficient (Wildman–Crippen LogP) is 4.77. The molecule has 0 unspecified atom stereocenters. The van der Waals surface area contributed by atoms with Crippen LogP contribution >= 0.6 is 0 Å². The number of nitrogens with zero attached hydrogens (tertiary/aromatic N) is 4. The van der Waals surface area contributed by atoms with Crippen LogP contribution in [0.25, 0.3) is 21.7 Å². The number of halogens is 3. The second kappa shape index (κ2) is 10.1. The Hall–Kier alpha value is -3.79. The van der Waals surface area contributed by atoms with E-state index in [1.807, 2.05) is 24.3 Å². The molecule has 12 heteroatoms. The number of ether oxygens (including phenoxy) is 1. The molecule has 0 spiro atoms. The lowest BCUT2D eigenvalue weighted by Gasteiger charge is -2.29. The molecule has 1 saturated carbocycles. The maximum atomic E-state index is 12.5. The second-order valence-corrected chi connectivity index (χ2v) is 9.02. The van der Waals surface area contributed by atoms with E-state index in [9.17, 15) is 27.6 Å². The van der Waals surface area contributed by atoms with Crippen LogP contribution in [0.2, 0.25) is 0 Å².